The highest BCUT2D eigenvalue weighted by atomic mass is 35.5. The van der Waals surface area contributed by atoms with Gasteiger partial charge in [-0.15, -0.1) is 0 Å². The number of carbonyl (C=O) groups is 1. The number of alkyl halides is 2. The molecule has 3 nitrogen and oxygen atoms in total. The molecule has 0 fully saturated rings. The third-order valence-electron chi connectivity index (χ3n) is 0.248. The van der Waals surface area contributed by atoms with Gasteiger partial charge in [0.2, 0.25) is 0 Å². The van der Waals surface area contributed by atoms with Gasteiger partial charge in [-0.25, -0.2) is 0 Å². The Morgan fingerprint density at radius 3 is 2.00 bits per heavy atom. The van der Waals surface area contributed by atoms with Crippen molar-refractivity contribution in [2.45, 2.75) is 4.52 Å². The summed E-state index contributed by atoms with van der Waals surface area (Å²) < 4.78 is -2.21. The van der Waals surface area contributed by atoms with E-state index in [4.69, 9.17) is 23.2 Å². The summed E-state index contributed by atoms with van der Waals surface area (Å²) in [6, 6.07) is 0. The predicted molar refractivity (Wildman–Crippen MR) is 22.3 cm³/mol. The highest BCUT2D eigenvalue weighted by Gasteiger charge is 2.24. The Bertz CT molecular complexity index is 71.3. The van der Waals surface area contributed by atoms with Gasteiger partial charge in [0.05, 0.1) is 0 Å². The standard InChI is InChI=1S/C2HCl2O3/c3-2(4,1-5)7-6/h1H. The Hall–Kier alpha value is 0.170. The first-order valence-electron chi connectivity index (χ1n) is 1.27. The van der Waals surface area contributed by atoms with Crippen molar-refractivity contribution in [1.82, 2.24) is 0 Å². The van der Waals surface area contributed by atoms with Crippen LogP contribution < -0.4 is 0 Å². The van der Waals surface area contributed by atoms with Gasteiger partial charge in [0.25, 0.3) is 0 Å². The molecule has 7 heavy (non-hydrogen) atoms. The molecule has 0 spiro atoms. The smallest absolute Gasteiger partial charge is 0.297 e. The molecule has 0 bridgehead atoms. The fourth-order valence-corrected chi connectivity index (χ4v) is 0.0196. The fourth-order valence-electron chi connectivity index (χ4n) is 0.0196. The molecule has 0 saturated carbocycles. The van der Waals surface area contributed by atoms with Gasteiger partial charge in [-0.2, -0.15) is 4.89 Å². The van der Waals surface area contributed by atoms with Crippen LogP contribution in [0.2, 0.25) is 0 Å². The maximum absolute atomic E-state index is 9.47. The maximum Gasteiger partial charge on any atom is 0.308 e. The van der Waals surface area contributed by atoms with Crippen LogP contribution in [0.15, 0.2) is 0 Å². The van der Waals surface area contributed by atoms with E-state index in [0.717, 1.165) is 0 Å². The van der Waals surface area contributed by atoms with E-state index < -0.39 is 4.52 Å². The van der Waals surface area contributed by atoms with Crippen molar-refractivity contribution in [2.24, 2.45) is 0 Å². The molecule has 0 rings (SSSR count). The molecule has 1 radical (unpaired) electrons. The van der Waals surface area contributed by atoms with Crippen LogP contribution in [0.4, 0.5) is 0 Å². The molecule has 0 aromatic carbocycles. The van der Waals surface area contributed by atoms with Gasteiger partial charge in [-0.3, -0.25) is 4.79 Å². The van der Waals surface area contributed by atoms with Gasteiger partial charge in [-0.05, 0) is 5.26 Å². The number of hydrogen-bond acceptors (Lipinski definition) is 2. The van der Waals surface area contributed by atoms with Gasteiger partial charge < -0.3 is 0 Å². The quantitative estimate of drug-likeness (QED) is 0.247. The Morgan fingerprint density at radius 1 is 1.57 bits per heavy atom. The highest BCUT2D eigenvalue weighted by Crippen LogP contribution is 2.16. The van der Waals surface area contributed by atoms with E-state index in [0.29, 0.717) is 0 Å². The van der Waals surface area contributed by atoms with Crippen LogP contribution in [0.3, 0.4) is 0 Å². The Labute approximate surface area is 49.7 Å². The monoisotopic (exact) mass is 143 g/mol. The van der Waals surface area contributed by atoms with Crippen molar-refractivity contribution < 1.29 is 14.9 Å². The van der Waals surface area contributed by atoms with E-state index in [-0.39, 0.29) is 6.29 Å². The fraction of sp³-hybridized carbons (Fsp3) is 0.500. The second-order valence-electron chi connectivity index (χ2n) is 0.763. The van der Waals surface area contributed by atoms with Crippen molar-refractivity contribution in [1.29, 1.82) is 0 Å². The number of carbonyl (C=O) groups excluding carboxylic acids is 1. The van der Waals surface area contributed by atoms with Gasteiger partial charge in [0.15, 0.2) is 6.29 Å². The van der Waals surface area contributed by atoms with Crippen LogP contribution in [-0.2, 0) is 14.9 Å². The summed E-state index contributed by atoms with van der Waals surface area (Å²) in [5, 5.41) is 9.19. The van der Waals surface area contributed by atoms with E-state index in [2.05, 4.69) is 4.89 Å². The molecule has 0 heterocycles. The molecule has 0 N–H and O–H groups in total. The van der Waals surface area contributed by atoms with Gasteiger partial charge in [0, 0.05) is 0 Å². The molecule has 5 heteroatoms. The van der Waals surface area contributed by atoms with Crippen molar-refractivity contribution >= 4 is 29.5 Å². The van der Waals surface area contributed by atoms with E-state index >= 15 is 0 Å². The molecule has 0 aliphatic heterocycles. The zero-order valence-electron chi connectivity index (χ0n) is 3.06. The van der Waals surface area contributed by atoms with Gasteiger partial charge in [-0.1, -0.05) is 23.2 Å². The number of hydrogen-bond donors (Lipinski definition) is 0. The molecule has 0 aliphatic carbocycles. The van der Waals surface area contributed by atoms with Crippen molar-refractivity contribution in [2.75, 3.05) is 0 Å². The Morgan fingerprint density at radius 2 is 2.00 bits per heavy atom. The van der Waals surface area contributed by atoms with E-state index in [1.165, 1.54) is 0 Å². The minimum Gasteiger partial charge on any atom is -0.297 e. The lowest BCUT2D eigenvalue weighted by Gasteiger charge is -2.00. The summed E-state index contributed by atoms with van der Waals surface area (Å²) in [5.41, 5.74) is 0. The first kappa shape index (κ1) is 7.17. The second-order valence-corrected chi connectivity index (χ2v) is 2.08. The lowest BCUT2D eigenvalue weighted by atomic mass is 10.8. The molecular formula is C2HCl2O3. The zero-order valence-corrected chi connectivity index (χ0v) is 4.57. The van der Waals surface area contributed by atoms with E-state index in [1.807, 2.05) is 0 Å². The minimum absolute atomic E-state index is 0.0108. The Balaban J connectivity index is 3.58. The van der Waals surface area contributed by atoms with E-state index in [9.17, 15) is 10.1 Å². The molecule has 0 unspecified atom stereocenters. The summed E-state index contributed by atoms with van der Waals surface area (Å²) in [5.74, 6) is 0. The van der Waals surface area contributed by atoms with Gasteiger partial charge >= 0.3 is 4.52 Å². The van der Waals surface area contributed by atoms with Gasteiger partial charge in [0.1, 0.15) is 0 Å². The highest BCUT2D eigenvalue weighted by molar-refractivity contribution is 6.54. The normalized spacial score (nSPS) is 11.3. The third kappa shape index (κ3) is 2.82. The van der Waals surface area contributed by atoms with Crippen LogP contribution in [0.25, 0.3) is 0 Å². The molecule has 0 aliphatic rings. The minimum atomic E-state index is -2.21. The van der Waals surface area contributed by atoms with Crippen LogP contribution >= 0.6 is 23.2 Å². The number of rotatable bonds is 2. The summed E-state index contributed by atoms with van der Waals surface area (Å²) in [7, 11) is 0. The van der Waals surface area contributed by atoms with Crippen LogP contribution in [0.1, 0.15) is 0 Å². The second kappa shape index (κ2) is 2.47. The van der Waals surface area contributed by atoms with Crippen molar-refractivity contribution in [3.8, 4) is 0 Å². The predicted octanol–water partition coefficient (Wildman–Crippen LogP) is 0.679. The average molecular weight is 144 g/mol. The SMILES string of the molecule is [O]OC(Cl)(Cl)C=O. The molecule has 0 atom stereocenters. The first-order valence-corrected chi connectivity index (χ1v) is 2.03. The molecule has 41 valence electrons. The number of aldehydes is 1. The van der Waals surface area contributed by atoms with E-state index in [1.54, 1.807) is 0 Å². The maximum atomic E-state index is 9.47. The molecule has 0 aromatic heterocycles. The van der Waals surface area contributed by atoms with Crippen molar-refractivity contribution in [3.63, 3.8) is 0 Å². The lowest BCUT2D eigenvalue weighted by Crippen LogP contribution is -2.15. The van der Waals surface area contributed by atoms with Crippen LogP contribution in [-0.4, -0.2) is 10.8 Å². The van der Waals surface area contributed by atoms with Crippen LogP contribution in [0.5, 0.6) is 0 Å². The molecule has 0 saturated heterocycles. The largest absolute Gasteiger partial charge is 0.308 e. The Kier molecular flexibility index (Phi) is 2.53. The summed E-state index contributed by atoms with van der Waals surface area (Å²) in [6.45, 7) is 0. The van der Waals surface area contributed by atoms with Crippen molar-refractivity contribution in [3.05, 3.63) is 0 Å². The summed E-state index contributed by atoms with van der Waals surface area (Å²) >= 11 is 9.54. The van der Waals surface area contributed by atoms with Crippen LogP contribution in [0, 0.1) is 0 Å². The summed E-state index contributed by atoms with van der Waals surface area (Å²) in [4.78, 5) is 12.5. The molecule has 0 amide bonds. The third-order valence-corrected chi connectivity index (χ3v) is 0.552. The first-order chi connectivity index (χ1) is 3.12. The zero-order chi connectivity index (χ0) is 5.91. The number of halogens is 2. The summed E-state index contributed by atoms with van der Waals surface area (Å²) in [6.07, 6.45) is -0.0108. The molecule has 0 aromatic rings. The topological polar surface area (TPSA) is 46.2 Å². The average Bonchev–Trinajstić information content (AvgIpc) is 1.68. The molecular weight excluding hydrogens is 143 g/mol. The lowest BCUT2D eigenvalue weighted by molar-refractivity contribution is -0.317.